The molecule has 2 unspecified atom stereocenters. The largest absolute Gasteiger partial charge is 0.378 e. The lowest BCUT2D eigenvalue weighted by atomic mass is 9.80. The fraction of sp³-hybridized carbons (Fsp3) is 0.800. The summed E-state index contributed by atoms with van der Waals surface area (Å²) < 4.78 is 10.6. The van der Waals surface area contributed by atoms with Crippen LogP contribution in [0.15, 0.2) is 4.52 Å². The Morgan fingerprint density at radius 2 is 1.82 bits per heavy atom. The van der Waals surface area contributed by atoms with Crippen LogP contribution in [0, 0.1) is 23.7 Å². The number of hydrogen-bond donors (Lipinski definition) is 1. The van der Waals surface area contributed by atoms with Crippen LogP contribution in [0.3, 0.4) is 0 Å². The number of amides is 2. The minimum atomic E-state index is -0.734. The molecule has 3 aliphatic carbocycles. The number of ether oxygens (including phenoxy) is 1. The van der Waals surface area contributed by atoms with Crippen molar-refractivity contribution in [3.8, 4) is 0 Å². The normalized spacial score (nSPS) is 23.3. The molecule has 1 aromatic rings. The van der Waals surface area contributed by atoms with E-state index in [1.54, 1.807) is 0 Å². The Morgan fingerprint density at radius 1 is 1.09 bits per heavy atom. The fourth-order valence-electron chi connectivity index (χ4n) is 5.14. The van der Waals surface area contributed by atoms with Gasteiger partial charge >= 0.3 is 0 Å². The summed E-state index contributed by atoms with van der Waals surface area (Å²) in [6, 6.07) is -0.734. The number of carbonyl (C=O) groups excluding carboxylic acids is 3. The maximum atomic E-state index is 13.6. The highest BCUT2D eigenvalue weighted by atomic mass is 16.5. The van der Waals surface area contributed by atoms with Gasteiger partial charge in [0.25, 0.3) is 5.89 Å². The van der Waals surface area contributed by atoms with Gasteiger partial charge in [-0.25, -0.2) is 0 Å². The van der Waals surface area contributed by atoms with E-state index >= 15 is 0 Å². The SMILES string of the molecule is CC[C@H](NC(=O)C(CC(=O)N1CCOCC1)C(CC1CC1)C1CC1)C(=O)c1nc(C2CC2)no1. The number of aromatic nitrogens is 2. The highest BCUT2D eigenvalue weighted by Gasteiger charge is 2.44. The molecule has 9 heteroatoms. The second-order valence-corrected chi connectivity index (χ2v) is 10.5. The molecule has 9 nitrogen and oxygen atoms in total. The molecule has 1 N–H and O–H groups in total. The van der Waals surface area contributed by atoms with Gasteiger partial charge in [0.15, 0.2) is 5.82 Å². The Morgan fingerprint density at radius 3 is 2.44 bits per heavy atom. The van der Waals surface area contributed by atoms with E-state index in [9.17, 15) is 14.4 Å². The summed E-state index contributed by atoms with van der Waals surface area (Å²) in [6.45, 7) is 4.07. The molecule has 1 aliphatic heterocycles. The van der Waals surface area contributed by atoms with Gasteiger partial charge in [0.1, 0.15) is 0 Å². The number of rotatable bonds is 12. The van der Waals surface area contributed by atoms with Crippen LogP contribution < -0.4 is 5.32 Å². The second kappa shape index (κ2) is 10.1. The summed E-state index contributed by atoms with van der Waals surface area (Å²) in [5, 5.41) is 6.91. The van der Waals surface area contributed by atoms with Crippen LogP contribution in [-0.4, -0.2) is 65.0 Å². The van der Waals surface area contributed by atoms with Gasteiger partial charge in [-0.3, -0.25) is 14.4 Å². The maximum Gasteiger partial charge on any atom is 0.296 e. The first-order valence-electron chi connectivity index (χ1n) is 13.1. The Kier molecular flexibility index (Phi) is 6.99. The Hall–Kier alpha value is -2.29. The minimum absolute atomic E-state index is 0.00949. The molecule has 2 amide bonds. The van der Waals surface area contributed by atoms with Crippen molar-refractivity contribution in [1.29, 1.82) is 0 Å². The van der Waals surface area contributed by atoms with E-state index in [0.717, 1.165) is 32.1 Å². The molecule has 4 aliphatic rings. The molecule has 34 heavy (non-hydrogen) atoms. The first-order chi connectivity index (χ1) is 16.5. The van der Waals surface area contributed by atoms with E-state index in [1.165, 1.54) is 12.8 Å². The summed E-state index contributed by atoms with van der Waals surface area (Å²) in [5.41, 5.74) is 0. The van der Waals surface area contributed by atoms with Crippen LogP contribution in [0.5, 0.6) is 0 Å². The molecule has 2 heterocycles. The van der Waals surface area contributed by atoms with E-state index < -0.39 is 12.0 Å². The van der Waals surface area contributed by atoms with Gasteiger partial charge in [0.05, 0.1) is 19.3 Å². The third-order valence-corrected chi connectivity index (χ3v) is 7.78. The highest BCUT2D eigenvalue weighted by Crippen LogP contribution is 2.49. The quantitative estimate of drug-likeness (QED) is 0.465. The zero-order chi connectivity index (χ0) is 23.7. The smallest absolute Gasteiger partial charge is 0.296 e. The molecule has 3 atom stereocenters. The van der Waals surface area contributed by atoms with Crippen molar-refractivity contribution in [3.63, 3.8) is 0 Å². The molecular weight excluding hydrogens is 436 g/mol. The number of ketones is 1. The predicted octanol–water partition coefficient (Wildman–Crippen LogP) is 2.72. The van der Waals surface area contributed by atoms with Crippen molar-refractivity contribution >= 4 is 17.6 Å². The van der Waals surface area contributed by atoms with Gasteiger partial charge in [-0.2, -0.15) is 4.98 Å². The number of carbonyl (C=O) groups is 3. The van der Waals surface area contributed by atoms with Gasteiger partial charge in [0, 0.05) is 31.3 Å². The Labute approximate surface area is 200 Å². The van der Waals surface area contributed by atoms with Gasteiger partial charge < -0.3 is 19.5 Å². The van der Waals surface area contributed by atoms with Crippen molar-refractivity contribution in [2.24, 2.45) is 23.7 Å². The lowest BCUT2D eigenvalue weighted by Gasteiger charge is -2.32. The van der Waals surface area contributed by atoms with Crippen molar-refractivity contribution in [3.05, 3.63) is 11.7 Å². The fourth-order valence-corrected chi connectivity index (χ4v) is 5.14. The van der Waals surface area contributed by atoms with Gasteiger partial charge in [-0.15, -0.1) is 0 Å². The number of nitrogens with one attached hydrogen (secondary N) is 1. The average molecular weight is 473 g/mol. The molecule has 4 fully saturated rings. The minimum Gasteiger partial charge on any atom is -0.378 e. The molecule has 3 saturated carbocycles. The zero-order valence-electron chi connectivity index (χ0n) is 20.0. The van der Waals surface area contributed by atoms with Crippen molar-refractivity contribution in [1.82, 2.24) is 20.4 Å². The molecule has 5 rings (SSSR count). The first kappa shape index (κ1) is 23.5. The maximum absolute atomic E-state index is 13.6. The third-order valence-electron chi connectivity index (χ3n) is 7.78. The van der Waals surface area contributed by atoms with E-state index in [-0.39, 0.29) is 41.7 Å². The molecule has 0 bridgehead atoms. The van der Waals surface area contributed by atoms with Gasteiger partial charge in [0.2, 0.25) is 17.6 Å². The van der Waals surface area contributed by atoms with Crippen molar-refractivity contribution in [2.45, 2.75) is 76.7 Å². The Balaban J connectivity index is 1.29. The van der Waals surface area contributed by atoms with E-state index in [4.69, 9.17) is 9.26 Å². The molecule has 186 valence electrons. The number of Topliss-reactive ketones (excluding diaryl/α,β-unsaturated/α-hetero) is 1. The molecular formula is C25H36N4O5. The summed E-state index contributed by atoms with van der Waals surface area (Å²) in [7, 11) is 0. The third kappa shape index (κ3) is 5.67. The lowest BCUT2D eigenvalue weighted by Crippen LogP contribution is -2.48. The van der Waals surface area contributed by atoms with E-state index in [0.29, 0.717) is 50.4 Å². The molecule has 1 aromatic heterocycles. The summed E-state index contributed by atoms with van der Waals surface area (Å²) in [5.74, 6) is 1.24. The molecule has 0 aromatic carbocycles. The van der Waals surface area contributed by atoms with Crippen LogP contribution in [0.1, 0.15) is 87.1 Å². The van der Waals surface area contributed by atoms with Crippen LogP contribution in [0.4, 0.5) is 0 Å². The topological polar surface area (TPSA) is 115 Å². The van der Waals surface area contributed by atoms with E-state index in [1.807, 2.05) is 11.8 Å². The molecule has 1 saturated heterocycles. The molecule has 0 radical (unpaired) electrons. The van der Waals surface area contributed by atoms with Crippen molar-refractivity contribution in [2.75, 3.05) is 26.3 Å². The summed E-state index contributed by atoms with van der Waals surface area (Å²) in [4.78, 5) is 45.9. The number of nitrogens with zero attached hydrogens (tertiary/aromatic N) is 3. The van der Waals surface area contributed by atoms with E-state index in [2.05, 4.69) is 15.5 Å². The molecule has 0 spiro atoms. The average Bonchev–Trinajstić information content (AvgIpc) is 3.72. The summed E-state index contributed by atoms with van der Waals surface area (Å²) >= 11 is 0. The van der Waals surface area contributed by atoms with Gasteiger partial charge in [-0.1, -0.05) is 24.9 Å². The van der Waals surface area contributed by atoms with Crippen molar-refractivity contribution < 1.29 is 23.6 Å². The van der Waals surface area contributed by atoms with Gasteiger partial charge in [-0.05, 0) is 56.3 Å². The van der Waals surface area contributed by atoms with Crippen LogP contribution in [-0.2, 0) is 14.3 Å². The van der Waals surface area contributed by atoms with Crippen LogP contribution in [0.2, 0.25) is 0 Å². The Bertz CT molecular complexity index is 899. The van der Waals surface area contributed by atoms with Crippen LogP contribution >= 0.6 is 0 Å². The lowest BCUT2D eigenvalue weighted by molar-refractivity contribution is -0.141. The standard InChI is InChI=1S/C25H36N4O5/c1-2-20(22(31)25-27-23(28-34-25)17-7-8-17)26-24(32)19(14-21(30)29-9-11-33-12-10-29)18(16-5-6-16)13-15-3-4-15/h15-20H,2-14H2,1H3,(H,26,32)/t18?,19?,20-/m0/s1. The van der Waals surface area contributed by atoms with Crippen LogP contribution in [0.25, 0.3) is 0 Å². The second-order valence-electron chi connectivity index (χ2n) is 10.5. The number of morpholine rings is 1. The first-order valence-corrected chi connectivity index (χ1v) is 13.1. The monoisotopic (exact) mass is 472 g/mol. The predicted molar refractivity (Wildman–Crippen MR) is 122 cm³/mol. The summed E-state index contributed by atoms with van der Waals surface area (Å²) in [6.07, 6.45) is 8.32. The highest BCUT2D eigenvalue weighted by molar-refractivity contribution is 5.99. The zero-order valence-corrected chi connectivity index (χ0v) is 20.0. The number of hydrogen-bond acceptors (Lipinski definition) is 7.